The zero-order valence-corrected chi connectivity index (χ0v) is 8.84. The lowest BCUT2D eigenvalue weighted by molar-refractivity contribution is 0.670. The van der Waals surface area contributed by atoms with E-state index in [2.05, 4.69) is 4.98 Å². The van der Waals surface area contributed by atoms with Crippen molar-refractivity contribution in [3.05, 3.63) is 58.8 Å². The van der Waals surface area contributed by atoms with Crippen LogP contribution in [0.25, 0.3) is 0 Å². The van der Waals surface area contributed by atoms with Gasteiger partial charge in [0.25, 0.3) is 5.56 Å². The molecule has 0 aliphatic carbocycles. The normalized spacial score (nSPS) is 10.2. The van der Waals surface area contributed by atoms with Crippen LogP contribution in [0.4, 0.5) is 5.69 Å². The number of aryl methyl sites for hydroxylation is 2. The van der Waals surface area contributed by atoms with Gasteiger partial charge in [-0.15, -0.1) is 0 Å². The number of aromatic nitrogens is 2. The number of hydrogen-bond donors (Lipinski definition) is 1. The lowest BCUT2D eigenvalue weighted by Gasteiger charge is -2.06. The summed E-state index contributed by atoms with van der Waals surface area (Å²) in [5.74, 6) is 0. The predicted octanol–water partition coefficient (Wildman–Crippen LogP) is 1.07. The number of nitrogen functional groups attached to an aromatic ring is 1. The second-order valence-corrected chi connectivity index (χ2v) is 3.60. The van der Waals surface area contributed by atoms with Crippen molar-refractivity contribution in [2.75, 3.05) is 5.73 Å². The van der Waals surface area contributed by atoms with Crippen molar-refractivity contribution in [1.82, 2.24) is 9.55 Å². The van der Waals surface area contributed by atoms with E-state index < -0.39 is 0 Å². The number of rotatable bonds is 3. The van der Waals surface area contributed by atoms with Gasteiger partial charge in [0.1, 0.15) is 0 Å². The number of nitrogens with zero attached hydrogens (tertiary/aromatic N) is 2. The fourth-order valence-electron chi connectivity index (χ4n) is 1.52. The molecule has 0 fully saturated rings. The van der Waals surface area contributed by atoms with E-state index >= 15 is 0 Å². The zero-order valence-electron chi connectivity index (χ0n) is 8.84. The number of pyridine rings is 2. The molecule has 0 radical (unpaired) electrons. The SMILES string of the molecule is Nc1ccc(=O)n(CCc2ccncc2)c1. The van der Waals surface area contributed by atoms with Crippen molar-refractivity contribution in [3.8, 4) is 0 Å². The molecular weight excluding hydrogens is 202 g/mol. The molecule has 2 aromatic heterocycles. The average molecular weight is 215 g/mol. The Kier molecular flexibility index (Phi) is 3.00. The van der Waals surface area contributed by atoms with Crippen LogP contribution in [0.5, 0.6) is 0 Å². The average Bonchev–Trinajstić information content (AvgIpc) is 2.32. The molecular formula is C12H13N3O. The highest BCUT2D eigenvalue weighted by Gasteiger charge is 1.97. The monoisotopic (exact) mass is 215 g/mol. The van der Waals surface area contributed by atoms with Gasteiger partial charge in [0.2, 0.25) is 0 Å². The van der Waals surface area contributed by atoms with E-state index in [0.29, 0.717) is 12.2 Å². The van der Waals surface area contributed by atoms with E-state index in [1.54, 1.807) is 29.2 Å². The highest BCUT2D eigenvalue weighted by molar-refractivity contribution is 5.33. The van der Waals surface area contributed by atoms with Crippen LogP contribution in [0.3, 0.4) is 0 Å². The summed E-state index contributed by atoms with van der Waals surface area (Å²) in [5, 5.41) is 0. The third-order valence-electron chi connectivity index (χ3n) is 2.40. The molecule has 2 aromatic rings. The van der Waals surface area contributed by atoms with Crippen LogP contribution in [0.15, 0.2) is 47.7 Å². The molecule has 0 unspecified atom stereocenters. The molecule has 2 rings (SSSR count). The molecule has 0 spiro atoms. The highest BCUT2D eigenvalue weighted by Crippen LogP contribution is 2.01. The van der Waals surface area contributed by atoms with Gasteiger partial charge in [-0.25, -0.2) is 0 Å². The molecule has 2 N–H and O–H groups in total. The maximum Gasteiger partial charge on any atom is 0.250 e. The smallest absolute Gasteiger partial charge is 0.250 e. The topological polar surface area (TPSA) is 60.9 Å². The second-order valence-electron chi connectivity index (χ2n) is 3.60. The van der Waals surface area contributed by atoms with Crippen molar-refractivity contribution < 1.29 is 0 Å². The van der Waals surface area contributed by atoms with Crippen LogP contribution >= 0.6 is 0 Å². The Balaban J connectivity index is 2.11. The summed E-state index contributed by atoms with van der Waals surface area (Å²) in [6.45, 7) is 0.633. The fourth-order valence-corrected chi connectivity index (χ4v) is 1.52. The first-order valence-corrected chi connectivity index (χ1v) is 5.10. The summed E-state index contributed by atoms with van der Waals surface area (Å²) in [7, 11) is 0. The quantitative estimate of drug-likeness (QED) is 0.833. The Morgan fingerprint density at radius 2 is 1.94 bits per heavy atom. The Labute approximate surface area is 93.4 Å². The standard InChI is InChI=1S/C12H13N3O/c13-11-1-2-12(16)15(9-11)8-5-10-3-6-14-7-4-10/h1-4,6-7,9H,5,8,13H2. The van der Waals surface area contributed by atoms with E-state index in [4.69, 9.17) is 5.73 Å². The van der Waals surface area contributed by atoms with Crippen LogP contribution in [0, 0.1) is 0 Å². The predicted molar refractivity (Wildman–Crippen MR) is 63.1 cm³/mol. The van der Waals surface area contributed by atoms with Crippen LogP contribution in [0.1, 0.15) is 5.56 Å². The van der Waals surface area contributed by atoms with Crippen LogP contribution in [-0.2, 0) is 13.0 Å². The summed E-state index contributed by atoms with van der Waals surface area (Å²) in [6, 6.07) is 6.99. The van der Waals surface area contributed by atoms with E-state index in [1.807, 2.05) is 12.1 Å². The number of anilines is 1. The molecule has 0 saturated heterocycles. The lowest BCUT2D eigenvalue weighted by atomic mass is 10.2. The molecule has 0 bridgehead atoms. The van der Waals surface area contributed by atoms with Crippen molar-refractivity contribution in [2.24, 2.45) is 0 Å². The molecule has 0 amide bonds. The fraction of sp³-hybridized carbons (Fsp3) is 0.167. The minimum Gasteiger partial charge on any atom is -0.398 e. The molecule has 4 heteroatoms. The maximum atomic E-state index is 11.5. The maximum absolute atomic E-state index is 11.5. The Morgan fingerprint density at radius 3 is 2.69 bits per heavy atom. The van der Waals surface area contributed by atoms with E-state index in [-0.39, 0.29) is 5.56 Å². The Hall–Kier alpha value is -2.10. The Morgan fingerprint density at radius 1 is 1.19 bits per heavy atom. The minimum absolute atomic E-state index is 0.0248. The summed E-state index contributed by atoms with van der Waals surface area (Å²) in [5.41, 5.74) is 7.36. The molecule has 4 nitrogen and oxygen atoms in total. The van der Waals surface area contributed by atoms with E-state index in [1.165, 1.54) is 6.07 Å². The first-order chi connectivity index (χ1) is 7.75. The molecule has 16 heavy (non-hydrogen) atoms. The van der Waals surface area contributed by atoms with Gasteiger partial charge in [0, 0.05) is 36.9 Å². The van der Waals surface area contributed by atoms with Gasteiger partial charge in [-0.05, 0) is 30.2 Å². The highest BCUT2D eigenvalue weighted by atomic mass is 16.1. The minimum atomic E-state index is -0.0248. The van der Waals surface area contributed by atoms with Gasteiger partial charge in [-0.3, -0.25) is 9.78 Å². The van der Waals surface area contributed by atoms with Crippen molar-refractivity contribution >= 4 is 5.69 Å². The zero-order chi connectivity index (χ0) is 11.4. The molecule has 82 valence electrons. The molecule has 0 saturated carbocycles. The van der Waals surface area contributed by atoms with Crippen molar-refractivity contribution in [3.63, 3.8) is 0 Å². The van der Waals surface area contributed by atoms with Crippen LogP contribution < -0.4 is 11.3 Å². The van der Waals surface area contributed by atoms with Gasteiger partial charge in [-0.1, -0.05) is 0 Å². The van der Waals surface area contributed by atoms with Crippen LogP contribution in [0.2, 0.25) is 0 Å². The molecule has 2 heterocycles. The Bertz CT molecular complexity index is 519. The first kappa shape index (κ1) is 10.4. The van der Waals surface area contributed by atoms with Gasteiger partial charge in [0.05, 0.1) is 0 Å². The van der Waals surface area contributed by atoms with Crippen molar-refractivity contribution in [2.45, 2.75) is 13.0 Å². The number of nitrogens with two attached hydrogens (primary N) is 1. The third-order valence-corrected chi connectivity index (χ3v) is 2.40. The third kappa shape index (κ3) is 2.48. The number of hydrogen-bond acceptors (Lipinski definition) is 3. The van der Waals surface area contributed by atoms with Gasteiger partial charge >= 0.3 is 0 Å². The summed E-state index contributed by atoms with van der Waals surface area (Å²) >= 11 is 0. The largest absolute Gasteiger partial charge is 0.398 e. The summed E-state index contributed by atoms with van der Waals surface area (Å²) in [6.07, 6.45) is 5.96. The van der Waals surface area contributed by atoms with E-state index in [9.17, 15) is 4.79 Å². The molecule has 0 aromatic carbocycles. The molecule has 0 aliphatic rings. The molecule has 0 aliphatic heterocycles. The van der Waals surface area contributed by atoms with Gasteiger partial charge in [-0.2, -0.15) is 0 Å². The molecule has 0 atom stereocenters. The lowest BCUT2D eigenvalue weighted by Crippen LogP contribution is -2.19. The van der Waals surface area contributed by atoms with Crippen LogP contribution in [-0.4, -0.2) is 9.55 Å². The first-order valence-electron chi connectivity index (χ1n) is 5.10. The second kappa shape index (κ2) is 4.61. The van der Waals surface area contributed by atoms with Gasteiger partial charge in [0.15, 0.2) is 0 Å². The van der Waals surface area contributed by atoms with Gasteiger partial charge < -0.3 is 10.3 Å². The van der Waals surface area contributed by atoms with E-state index in [0.717, 1.165) is 12.0 Å². The summed E-state index contributed by atoms with van der Waals surface area (Å²) in [4.78, 5) is 15.4. The van der Waals surface area contributed by atoms with Crippen molar-refractivity contribution in [1.29, 1.82) is 0 Å². The summed E-state index contributed by atoms with van der Waals surface area (Å²) < 4.78 is 1.62.